The lowest BCUT2D eigenvalue weighted by molar-refractivity contribution is -0.147. The molecule has 2 rings (SSSR count). The third kappa shape index (κ3) is 2.60. The van der Waals surface area contributed by atoms with Gasteiger partial charge in [0, 0.05) is 6.54 Å². The van der Waals surface area contributed by atoms with Crippen LogP contribution < -0.4 is 5.32 Å². The van der Waals surface area contributed by atoms with E-state index in [0.29, 0.717) is 12.5 Å². The summed E-state index contributed by atoms with van der Waals surface area (Å²) in [6, 6.07) is 0. The predicted octanol–water partition coefficient (Wildman–Crippen LogP) is 2.31. The van der Waals surface area contributed by atoms with Crippen molar-refractivity contribution in [1.29, 1.82) is 0 Å². The molecule has 4 unspecified atom stereocenters. The number of hydrogen-bond acceptors (Lipinski definition) is 2. The number of rotatable bonds is 5. The average molecular weight is 279 g/mol. The van der Waals surface area contributed by atoms with Gasteiger partial charge in [-0.25, -0.2) is 0 Å². The number of nitrogens with one attached hydrogen (secondary N) is 1. The zero-order valence-corrected chi connectivity index (χ0v) is 12.7. The van der Waals surface area contributed by atoms with E-state index < -0.39 is 17.8 Å². The van der Waals surface area contributed by atoms with Crippen LogP contribution in [0.5, 0.6) is 0 Å². The third-order valence-corrected chi connectivity index (χ3v) is 5.33. The van der Waals surface area contributed by atoms with Crippen molar-refractivity contribution in [1.82, 2.24) is 5.32 Å². The van der Waals surface area contributed by atoms with Crippen molar-refractivity contribution in [3.63, 3.8) is 0 Å². The number of amides is 1. The Morgan fingerprint density at radius 1 is 1.25 bits per heavy atom. The minimum atomic E-state index is -0.842. The Morgan fingerprint density at radius 3 is 2.30 bits per heavy atom. The fraction of sp³-hybridized carbons (Fsp3) is 0.750. The normalized spacial score (nSPS) is 31.9. The number of hydrogen-bond donors (Lipinski definition) is 2. The second kappa shape index (κ2) is 5.23. The fourth-order valence-electron chi connectivity index (χ4n) is 3.15. The van der Waals surface area contributed by atoms with Crippen LogP contribution in [0.15, 0.2) is 12.2 Å². The molecule has 0 heterocycles. The van der Waals surface area contributed by atoms with E-state index in [1.807, 2.05) is 12.2 Å². The first-order valence-corrected chi connectivity index (χ1v) is 7.43. The third-order valence-electron chi connectivity index (χ3n) is 5.33. The number of carboxylic acid groups (broad SMARTS) is 1. The molecular weight excluding hydrogens is 254 g/mol. The summed E-state index contributed by atoms with van der Waals surface area (Å²) in [6.07, 6.45) is 4.79. The van der Waals surface area contributed by atoms with Gasteiger partial charge in [-0.05, 0) is 29.6 Å². The van der Waals surface area contributed by atoms with E-state index in [1.54, 1.807) is 0 Å². The first-order valence-electron chi connectivity index (χ1n) is 7.43. The zero-order chi connectivity index (χ0) is 15.1. The zero-order valence-electron chi connectivity index (χ0n) is 12.7. The molecule has 0 radical (unpaired) electrons. The Hall–Kier alpha value is -1.32. The highest BCUT2D eigenvalue weighted by atomic mass is 16.4. The standard InChI is InChI=1S/C16H25NO3/c1-9(2)16(3,4)8-17-14(18)12-10-5-6-11(7-10)13(12)15(19)20/h5-6,9-13H,7-8H2,1-4H3,(H,17,18)(H,19,20). The predicted molar refractivity (Wildman–Crippen MR) is 77.0 cm³/mol. The second-order valence-corrected chi connectivity index (χ2v) is 7.20. The van der Waals surface area contributed by atoms with E-state index in [4.69, 9.17) is 0 Å². The van der Waals surface area contributed by atoms with E-state index in [-0.39, 0.29) is 23.2 Å². The van der Waals surface area contributed by atoms with Gasteiger partial charge in [0.2, 0.25) is 5.91 Å². The molecule has 2 N–H and O–H groups in total. The highest BCUT2D eigenvalue weighted by Gasteiger charge is 2.51. The summed E-state index contributed by atoms with van der Waals surface area (Å²) in [4.78, 5) is 23.8. The van der Waals surface area contributed by atoms with Gasteiger partial charge in [-0.3, -0.25) is 9.59 Å². The maximum Gasteiger partial charge on any atom is 0.307 e. The second-order valence-electron chi connectivity index (χ2n) is 7.20. The Morgan fingerprint density at radius 2 is 1.80 bits per heavy atom. The van der Waals surface area contributed by atoms with Crippen molar-refractivity contribution in [2.75, 3.05) is 6.54 Å². The van der Waals surface area contributed by atoms with Crippen LogP contribution in [0.25, 0.3) is 0 Å². The van der Waals surface area contributed by atoms with Crippen LogP contribution in [0.1, 0.15) is 34.1 Å². The Balaban J connectivity index is 2.02. The topological polar surface area (TPSA) is 66.4 Å². The molecule has 0 saturated heterocycles. The summed E-state index contributed by atoms with van der Waals surface area (Å²) >= 11 is 0. The number of allylic oxidation sites excluding steroid dienone is 2. The summed E-state index contributed by atoms with van der Waals surface area (Å²) in [5.41, 5.74) is 0.0157. The van der Waals surface area contributed by atoms with Crippen LogP contribution in [-0.4, -0.2) is 23.5 Å². The Labute approximate surface area is 120 Å². The smallest absolute Gasteiger partial charge is 0.307 e. The molecule has 2 aliphatic rings. The number of carbonyl (C=O) groups excluding carboxylic acids is 1. The van der Waals surface area contributed by atoms with Crippen LogP contribution >= 0.6 is 0 Å². The molecule has 112 valence electrons. The van der Waals surface area contributed by atoms with E-state index >= 15 is 0 Å². The minimum absolute atomic E-state index is 0.0157. The molecule has 1 fully saturated rings. The molecule has 0 aromatic heterocycles. The molecule has 1 amide bonds. The molecule has 0 aromatic rings. The molecule has 0 aromatic carbocycles. The summed E-state index contributed by atoms with van der Waals surface area (Å²) in [7, 11) is 0. The van der Waals surface area contributed by atoms with Crippen molar-refractivity contribution in [3.05, 3.63) is 12.2 Å². The van der Waals surface area contributed by atoms with Crippen molar-refractivity contribution in [3.8, 4) is 0 Å². The van der Waals surface area contributed by atoms with Crippen LogP contribution in [0, 0.1) is 35.0 Å². The lowest BCUT2D eigenvalue weighted by Crippen LogP contribution is -2.44. The first kappa shape index (κ1) is 15.1. The molecular formula is C16H25NO3. The van der Waals surface area contributed by atoms with Gasteiger partial charge < -0.3 is 10.4 Å². The molecule has 0 aliphatic heterocycles. The lowest BCUT2D eigenvalue weighted by atomic mass is 9.80. The van der Waals surface area contributed by atoms with Crippen molar-refractivity contribution < 1.29 is 14.7 Å². The highest BCUT2D eigenvalue weighted by molar-refractivity contribution is 5.86. The molecule has 1 saturated carbocycles. The molecule has 0 spiro atoms. The summed E-state index contributed by atoms with van der Waals surface area (Å²) in [5, 5.41) is 12.3. The van der Waals surface area contributed by atoms with E-state index in [0.717, 1.165) is 6.42 Å². The Bertz CT molecular complexity index is 439. The molecule has 2 bridgehead atoms. The van der Waals surface area contributed by atoms with Gasteiger partial charge in [0.1, 0.15) is 0 Å². The van der Waals surface area contributed by atoms with Crippen molar-refractivity contribution >= 4 is 11.9 Å². The molecule has 4 atom stereocenters. The molecule has 4 heteroatoms. The summed E-state index contributed by atoms with van der Waals surface area (Å²) in [5.74, 6) is -1.29. The highest BCUT2D eigenvalue weighted by Crippen LogP contribution is 2.48. The van der Waals surface area contributed by atoms with Gasteiger partial charge in [-0.15, -0.1) is 0 Å². The maximum atomic E-state index is 12.4. The maximum absolute atomic E-state index is 12.4. The SMILES string of the molecule is CC(C)C(C)(C)CNC(=O)C1C2C=CC(C2)C1C(=O)O. The van der Waals surface area contributed by atoms with Gasteiger partial charge in [0.15, 0.2) is 0 Å². The summed E-state index contributed by atoms with van der Waals surface area (Å²) in [6.45, 7) is 9.09. The van der Waals surface area contributed by atoms with Crippen molar-refractivity contribution in [2.24, 2.45) is 35.0 Å². The number of carbonyl (C=O) groups is 2. The lowest BCUT2D eigenvalue weighted by Gasteiger charge is -2.31. The monoisotopic (exact) mass is 279 g/mol. The van der Waals surface area contributed by atoms with Gasteiger partial charge in [0.25, 0.3) is 0 Å². The van der Waals surface area contributed by atoms with Gasteiger partial charge in [-0.1, -0.05) is 39.8 Å². The number of carboxylic acids is 1. The number of fused-ring (bicyclic) bond motifs is 2. The molecule has 2 aliphatic carbocycles. The van der Waals surface area contributed by atoms with E-state index in [2.05, 4.69) is 33.0 Å². The largest absolute Gasteiger partial charge is 0.481 e. The fourth-order valence-corrected chi connectivity index (χ4v) is 3.15. The summed E-state index contributed by atoms with van der Waals surface area (Å²) < 4.78 is 0. The average Bonchev–Trinajstić information content (AvgIpc) is 2.95. The van der Waals surface area contributed by atoms with Crippen LogP contribution in [0.4, 0.5) is 0 Å². The van der Waals surface area contributed by atoms with Crippen LogP contribution in [0.2, 0.25) is 0 Å². The van der Waals surface area contributed by atoms with Crippen LogP contribution in [-0.2, 0) is 9.59 Å². The van der Waals surface area contributed by atoms with Gasteiger partial charge in [-0.2, -0.15) is 0 Å². The number of aliphatic carboxylic acids is 1. The van der Waals surface area contributed by atoms with Crippen LogP contribution in [0.3, 0.4) is 0 Å². The molecule has 4 nitrogen and oxygen atoms in total. The first-order chi connectivity index (χ1) is 9.24. The molecule has 20 heavy (non-hydrogen) atoms. The quantitative estimate of drug-likeness (QED) is 0.759. The van der Waals surface area contributed by atoms with E-state index in [1.165, 1.54) is 0 Å². The minimum Gasteiger partial charge on any atom is -0.481 e. The Kier molecular flexibility index (Phi) is 3.94. The van der Waals surface area contributed by atoms with Gasteiger partial charge >= 0.3 is 5.97 Å². The van der Waals surface area contributed by atoms with Crippen molar-refractivity contribution in [2.45, 2.75) is 34.1 Å². The van der Waals surface area contributed by atoms with Gasteiger partial charge in [0.05, 0.1) is 11.8 Å². The van der Waals surface area contributed by atoms with E-state index in [9.17, 15) is 14.7 Å².